The Bertz CT molecular complexity index is 464. The van der Waals surface area contributed by atoms with Crippen molar-refractivity contribution in [3.05, 3.63) is 18.3 Å². The summed E-state index contributed by atoms with van der Waals surface area (Å²) >= 11 is 0. The molecule has 0 aromatic carbocycles. The largest absolute Gasteiger partial charge is 0.401 e. The lowest BCUT2D eigenvalue weighted by Gasteiger charge is -2.05. The summed E-state index contributed by atoms with van der Waals surface area (Å²) in [5.41, 5.74) is 0. The zero-order valence-electron chi connectivity index (χ0n) is 8.45. The standard InChI is InChI=1S/C8H8F3N5O/c9-8(10,11)4-12-3-5-15-7(16-17-5)6-13-1-2-14-6/h1-2,12H,3-4H2,(H,13,14). The van der Waals surface area contributed by atoms with Crippen molar-refractivity contribution < 1.29 is 17.7 Å². The molecule has 0 fully saturated rings. The smallest absolute Gasteiger partial charge is 0.342 e. The van der Waals surface area contributed by atoms with Crippen molar-refractivity contribution in [2.45, 2.75) is 12.7 Å². The van der Waals surface area contributed by atoms with Crippen molar-refractivity contribution in [2.24, 2.45) is 0 Å². The van der Waals surface area contributed by atoms with E-state index in [0.29, 0.717) is 5.82 Å². The molecule has 2 rings (SSSR count). The van der Waals surface area contributed by atoms with Crippen LogP contribution in [0.1, 0.15) is 5.89 Å². The number of aromatic nitrogens is 4. The first kappa shape index (κ1) is 11.6. The molecular weight excluding hydrogens is 239 g/mol. The van der Waals surface area contributed by atoms with Gasteiger partial charge in [0.1, 0.15) is 0 Å². The lowest BCUT2D eigenvalue weighted by molar-refractivity contribution is -0.125. The second kappa shape index (κ2) is 4.53. The van der Waals surface area contributed by atoms with Crippen molar-refractivity contribution in [3.63, 3.8) is 0 Å². The van der Waals surface area contributed by atoms with E-state index >= 15 is 0 Å². The maximum absolute atomic E-state index is 11.8. The first-order chi connectivity index (χ1) is 8.04. The Morgan fingerprint density at radius 1 is 1.41 bits per heavy atom. The first-order valence-corrected chi connectivity index (χ1v) is 4.64. The summed E-state index contributed by atoms with van der Waals surface area (Å²) in [4.78, 5) is 10.5. The van der Waals surface area contributed by atoms with E-state index < -0.39 is 12.7 Å². The minimum absolute atomic E-state index is 0.0700. The van der Waals surface area contributed by atoms with Crippen LogP contribution < -0.4 is 5.32 Å². The van der Waals surface area contributed by atoms with Crippen LogP contribution in [-0.4, -0.2) is 32.8 Å². The Morgan fingerprint density at radius 2 is 2.24 bits per heavy atom. The van der Waals surface area contributed by atoms with Gasteiger partial charge in [-0.15, -0.1) is 0 Å². The SMILES string of the molecule is FC(F)(F)CNCc1nc(-c2ncc[nH]2)no1. The van der Waals surface area contributed by atoms with Crippen LogP contribution >= 0.6 is 0 Å². The van der Waals surface area contributed by atoms with E-state index in [1.54, 1.807) is 6.20 Å². The van der Waals surface area contributed by atoms with Gasteiger partial charge in [0, 0.05) is 12.4 Å². The maximum atomic E-state index is 11.8. The van der Waals surface area contributed by atoms with Gasteiger partial charge in [-0.1, -0.05) is 5.16 Å². The molecule has 2 N–H and O–H groups in total. The van der Waals surface area contributed by atoms with Gasteiger partial charge < -0.3 is 14.8 Å². The predicted octanol–water partition coefficient (Wildman–Crippen LogP) is 1.11. The van der Waals surface area contributed by atoms with Crippen molar-refractivity contribution in [2.75, 3.05) is 6.54 Å². The molecule has 0 aliphatic heterocycles. The van der Waals surface area contributed by atoms with E-state index in [1.807, 2.05) is 0 Å². The lowest BCUT2D eigenvalue weighted by Crippen LogP contribution is -2.28. The molecule has 0 aliphatic rings. The number of rotatable bonds is 4. The van der Waals surface area contributed by atoms with Gasteiger partial charge >= 0.3 is 6.18 Å². The van der Waals surface area contributed by atoms with Gasteiger partial charge in [0.2, 0.25) is 11.7 Å². The van der Waals surface area contributed by atoms with Crippen LogP contribution in [0.2, 0.25) is 0 Å². The van der Waals surface area contributed by atoms with Gasteiger partial charge in [-0.25, -0.2) is 4.98 Å². The highest BCUT2D eigenvalue weighted by Crippen LogP contribution is 2.13. The number of H-pyrrole nitrogens is 1. The minimum Gasteiger partial charge on any atom is -0.342 e. The van der Waals surface area contributed by atoms with E-state index in [2.05, 4.69) is 25.4 Å². The molecule has 0 aliphatic carbocycles. The van der Waals surface area contributed by atoms with Crippen molar-refractivity contribution >= 4 is 0 Å². The summed E-state index contributed by atoms with van der Waals surface area (Å²) in [6.07, 6.45) is -1.18. The molecule has 0 radical (unpaired) electrons. The van der Waals surface area contributed by atoms with Crippen LogP contribution in [0.15, 0.2) is 16.9 Å². The van der Waals surface area contributed by atoms with Crippen LogP contribution in [-0.2, 0) is 6.54 Å². The Hall–Kier alpha value is -1.90. The van der Waals surface area contributed by atoms with E-state index in [-0.39, 0.29) is 18.3 Å². The Balaban J connectivity index is 1.91. The van der Waals surface area contributed by atoms with Gasteiger partial charge in [0.05, 0.1) is 13.1 Å². The topological polar surface area (TPSA) is 79.6 Å². The van der Waals surface area contributed by atoms with Gasteiger partial charge in [-0.05, 0) is 0 Å². The molecule has 0 bridgehead atoms. The summed E-state index contributed by atoms with van der Waals surface area (Å²) in [6, 6.07) is 0. The number of nitrogens with one attached hydrogen (secondary N) is 2. The zero-order valence-corrected chi connectivity index (χ0v) is 8.45. The van der Waals surface area contributed by atoms with Crippen LogP contribution in [0.3, 0.4) is 0 Å². The molecule has 6 nitrogen and oxygen atoms in total. The number of hydrogen-bond acceptors (Lipinski definition) is 5. The quantitative estimate of drug-likeness (QED) is 0.846. The highest BCUT2D eigenvalue weighted by molar-refractivity contribution is 5.40. The van der Waals surface area contributed by atoms with Crippen LogP contribution in [0, 0.1) is 0 Å². The molecule has 0 spiro atoms. The average molecular weight is 247 g/mol. The summed E-state index contributed by atoms with van der Waals surface area (Å²) < 4.78 is 40.3. The third kappa shape index (κ3) is 3.28. The van der Waals surface area contributed by atoms with E-state index in [1.165, 1.54) is 6.20 Å². The third-order valence-electron chi connectivity index (χ3n) is 1.78. The van der Waals surface area contributed by atoms with Gasteiger partial charge in [0.25, 0.3) is 0 Å². The molecule has 9 heteroatoms. The normalized spacial score (nSPS) is 11.9. The first-order valence-electron chi connectivity index (χ1n) is 4.64. The van der Waals surface area contributed by atoms with Gasteiger partial charge in [-0.2, -0.15) is 18.2 Å². The molecule has 0 saturated carbocycles. The van der Waals surface area contributed by atoms with Crippen LogP contribution in [0.5, 0.6) is 0 Å². The fourth-order valence-electron chi connectivity index (χ4n) is 1.12. The van der Waals surface area contributed by atoms with Crippen molar-refractivity contribution in [1.29, 1.82) is 0 Å². The highest BCUT2D eigenvalue weighted by Gasteiger charge is 2.26. The minimum atomic E-state index is -4.26. The molecule has 0 unspecified atom stereocenters. The fourth-order valence-corrected chi connectivity index (χ4v) is 1.12. The molecule has 0 saturated heterocycles. The predicted molar refractivity (Wildman–Crippen MR) is 49.6 cm³/mol. The highest BCUT2D eigenvalue weighted by atomic mass is 19.4. The average Bonchev–Trinajstić information content (AvgIpc) is 2.83. The number of nitrogens with zero attached hydrogens (tertiary/aromatic N) is 3. The molecule has 0 amide bonds. The monoisotopic (exact) mass is 247 g/mol. The Labute approximate surface area is 93.2 Å². The summed E-state index contributed by atoms with van der Waals surface area (Å²) in [7, 11) is 0. The number of alkyl halides is 3. The Morgan fingerprint density at radius 3 is 2.88 bits per heavy atom. The Kier molecular flexibility index (Phi) is 3.09. The molecular formula is C8H8F3N5O. The molecule has 92 valence electrons. The van der Waals surface area contributed by atoms with Gasteiger partial charge in [0.15, 0.2) is 5.82 Å². The van der Waals surface area contributed by atoms with E-state index in [0.717, 1.165) is 0 Å². The molecule has 0 atom stereocenters. The molecule has 2 aromatic heterocycles. The number of aromatic amines is 1. The second-order valence-corrected chi connectivity index (χ2v) is 3.17. The summed E-state index contributed by atoms with van der Waals surface area (Å²) in [5.74, 6) is 0.676. The van der Waals surface area contributed by atoms with E-state index in [9.17, 15) is 13.2 Å². The molecule has 17 heavy (non-hydrogen) atoms. The van der Waals surface area contributed by atoms with Crippen molar-refractivity contribution in [3.8, 4) is 11.6 Å². The van der Waals surface area contributed by atoms with Gasteiger partial charge in [-0.3, -0.25) is 0 Å². The summed E-state index contributed by atoms with van der Waals surface area (Å²) in [5, 5.41) is 5.72. The van der Waals surface area contributed by atoms with Crippen LogP contribution in [0.25, 0.3) is 11.6 Å². The second-order valence-electron chi connectivity index (χ2n) is 3.17. The lowest BCUT2D eigenvalue weighted by atomic mass is 10.5. The van der Waals surface area contributed by atoms with Crippen molar-refractivity contribution in [1.82, 2.24) is 25.4 Å². The van der Waals surface area contributed by atoms with Crippen LogP contribution in [0.4, 0.5) is 13.2 Å². The number of halogens is 3. The molecule has 2 heterocycles. The maximum Gasteiger partial charge on any atom is 0.401 e. The summed E-state index contributed by atoms with van der Waals surface area (Å²) in [6.45, 7) is -1.25. The number of imidazole rings is 1. The number of hydrogen-bond donors (Lipinski definition) is 2. The molecule has 2 aromatic rings. The van der Waals surface area contributed by atoms with E-state index in [4.69, 9.17) is 4.52 Å². The zero-order chi connectivity index (χ0) is 12.3. The third-order valence-corrected chi connectivity index (χ3v) is 1.78. The fraction of sp³-hybridized carbons (Fsp3) is 0.375.